The molecular formula is C14H19N3O. The molecule has 18 heavy (non-hydrogen) atoms. The van der Waals surface area contributed by atoms with Crippen molar-refractivity contribution in [3.8, 4) is 0 Å². The fraction of sp³-hybridized carbons (Fsp3) is 0.500. The molecule has 1 fully saturated rings. The highest BCUT2D eigenvalue weighted by atomic mass is 16.5. The van der Waals surface area contributed by atoms with Gasteiger partial charge in [-0.2, -0.15) is 0 Å². The van der Waals surface area contributed by atoms with Gasteiger partial charge in [-0.15, -0.1) is 0 Å². The van der Waals surface area contributed by atoms with E-state index in [4.69, 9.17) is 10.5 Å². The summed E-state index contributed by atoms with van der Waals surface area (Å²) in [6.07, 6.45) is 3.86. The third-order valence-electron chi connectivity index (χ3n) is 3.87. The van der Waals surface area contributed by atoms with Crippen LogP contribution in [0.1, 0.15) is 25.3 Å². The van der Waals surface area contributed by atoms with Gasteiger partial charge in [-0.3, -0.25) is 0 Å². The van der Waals surface area contributed by atoms with Gasteiger partial charge in [0.1, 0.15) is 0 Å². The fourth-order valence-electron chi connectivity index (χ4n) is 2.57. The summed E-state index contributed by atoms with van der Waals surface area (Å²) in [6, 6.07) is 6.70. The van der Waals surface area contributed by atoms with E-state index in [0.717, 1.165) is 37.1 Å². The second-order valence-corrected chi connectivity index (χ2v) is 5.42. The predicted molar refractivity (Wildman–Crippen MR) is 71.5 cm³/mol. The number of imidazole rings is 1. The summed E-state index contributed by atoms with van der Waals surface area (Å²) < 4.78 is 5.45. The molecule has 2 aromatic rings. The van der Waals surface area contributed by atoms with E-state index in [-0.39, 0.29) is 11.5 Å². The number of H-pyrrole nitrogens is 1. The first-order valence-electron chi connectivity index (χ1n) is 6.47. The number of nitrogens with two attached hydrogens (primary N) is 1. The zero-order chi connectivity index (χ0) is 12.6. The normalized spacial score (nSPS) is 19.7. The molecule has 1 saturated heterocycles. The molecule has 4 heteroatoms. The Morgan fingerprint density at radius 2 is 2.33 bits per heavy atom. The average molecular weight is 245 g/mol. The van der Waals surface area contributed by atoms with Crippen molar-refractivity contribution in [3.05, 3.63) is 30.1 Å². The highest BCUT2D eigenvalue weighted by Gasteiger charge is 2.40. The number of aromatic amines is 1. The predicted octanol–water partition coefficient (Wildman–Crippen LogP) is 1.96. The van der Waals surface area contributed by atoms with Gasteiger partial charge in [-0.25, -0.2) is 4.98 Å². The topological polar surface area (TPSA) is 63.9 Å². The first kappa shape index (κ1) is 11.7. The lowest BCUT2D eigenvalue weighted by Crippen LogP contribution is -2.47. The van der Waals surface area contributed by atoms with Gasteiger partial charge in [0.15, 0.2) is 0 Å². The minimum atomic E-state index is 0.160. The molecule has 0 radical (unpaired) electrons. The molecule has 0 bridgehead atoms. The van der Waals surface area contributed by atoms with Gasteiger partial charge in [0.05, 0.1) is 30.6 Å². The van der Waals surface area contributed by atoms with Crippen molar-refractivity contribution >= 4 is 11.0 Å². The van der Waals surface area contributed by atoms with Crippen molar-refractivity contribution in [2.24, 2.45) is 5.73 Å². The number of fused-ring (bicyclic) bond motifs is 1. The molecule has 1 aliphatic heterocycles. The van der Waals surface area contributed by atoms with E-state index in [1.165, 1.54) is 5.56 Å². The van der Waals surface area contributed by atoms with Crippen LogP contribution in [0, 0.1) is 0 Å². The summed E-state index contributed by atoms with van der Waals surface area (Å²) in [4.78, 5) is 7.42. The van der Waals surface area contributed by atoms with Gasteiger partial charge >= 0.3 is 0 Å². The molecule has 0 amide bonds. The van der Waals surface area contributed by atoms with Crippen molar-refractivity contribution in [1.29, 1.82) is 0 Å². The highest BCUT2D eigenvalue weighted by molar-refractivity contribution is 5.75. The highest BCUT2D eigenvalue weighted by Crippen LogP contribution is 2.37. The lowest BCUT2D eigenvalue weighted by Gasteiger charge is -2.42. The Labute approximate surface area is 107 Å². The zero-order valence-corrected chi connectivity index (χ0v) is 10.6. The van der Waals surface area contributed by atoms with Crippen molar-refractivity contribution in [2.45, 2.75) is 31.2 Å². The maximum absolute atomic E-state index is 5.87. The lowest BCUT2D eigenvalue weighted by molar-refractivity contribution is -0.0656. The van der Waals surface area contributed by atoms with Crippen LogP contribution in [0.4, 0.5) is 0 Å². The average Bonchev–Trinajstić information content (AvgIpc) is 2.74. The summed E-state index contributed by atoms with van der Waals surface area (Å²) >= 11 is 0. The SMILES string of the molecule is CC(N)CCC1(c2ccc3nc[nH]c3c2)COC1. The van der Waals surface area contributed by atoms with Crippen molar-refractivity contribution in [1.82, 2.24) is 9.97 Å². The van der Waals surface area contributed by atoms with Crippen LogP contribution < -0.4 is 5.73 Å². The molecule has 1 aromatic heterocycles. The van der Waals surface area contributed by atoms with Crippen molar-refractivity contribution < 1.29 is 4.74 Å². The number of aromatic nitrogens is 2. The summed E-state index contributed by atoms with van der Waals surface area (Å²) in [5, 5.41) is 0. The monoisotopic (exact) mass is 245 g/mol. The summed E-state index contributed by atoms with van der Waals surface area (Å²) in [5.74, 6) is 0. The van der Waals surface area contributed by atoms with Crippen LogP contribution in [0.3, 0.4) is 0 Å². The summed E-state index contributed by atoms with van der Waals surface area (Å²) in [6.45, 7) is 3.67. The Hall–Kier alpha value is -1.39. The van der Waals surface area contributed by atoms with Crippen LogP contribution in [-0.4, -0.2) is 29.2 Å². The molecule has 3 N–H and O–H groups in total. The quantitative estimate of drug-likeness (QED) is 0.865. The van der Waals surface area contributed by atoms with Crippen LogP contribution in [0.5, 0.6) is 0 Å². The molecular weight excluding hydrogens is 226 g/mol. The number of hydrogen-bond donors (Lipinski definition) is 2. The number of benzene rings is 1. The van der Waals surface area contributed by atoms with Gasteiger partial charge in [0, 0.05) is 11.5 Å². The third kappa shape index (κ3) is 1.91. The van der Waals surface area contributed by atoms with Gasteiger partial charge in [-0.05, 0) is 37.5 Å². The number of nitrogens with one attached hydrogen (secondary N) is 1. The molecule has 1 aliphatic rings. The molecule has 3 rings (SSSR count). The number of ether oxygens (including phenoxy) is 1. The van der Waals surface area contributed by atoms with Crippen molar-refractivity contribution in [2.75, 3.05) is 13.2 Å². The third-order valence-corrected chi connectivity index (χ3v) is 3.87. The zero-order valence-electron chi connectivity index (χ0n) is 10.6. The molecule has 1 unspecified atom stereocenters. The maximum Gasteiger partial charge on any atom is 0.0931 e. The number of nitrogens with zero attached hydrogens (tertiary/aromatic N) is 1. The lowest BCUT2D eigenvalue weighted by atomic mass is 9.74. The van der Waals surface area contributed by atoms with E-state index in [1.54, 1.807) is 6.33 Å². The largest absolute Gasteiger partial charge is 0.379 e. The van der Waals surface area contributed by atoms with Crippen LogP contribution in [0.2, 0.25) is 0 Å². The minimum Gasteiger partial charge on any atom is -0.379 e. The van der Waals surface area contributed by atoms with Crippen molar-refractivity contribution in [3.63, 3.8) is 0 Å². The molecule has 1 aromatic carbocycles. The van der Waals surface area contributed by atoms with Crippen LogP contribution in [-0.2, 0) is 10.2 Å². The van der Waals surface area contributed by atoms with Gasteiger partial charge in [0.2, 0.25) is 0 Å². The Bertz CT molecular complexity index is 543. The second kappa shape index (κ2) is 4.37. The second-order valence-electron chi connectivity index (χ2n) is 5.42. The van der Waals surface area contributed by atoms with Gasteiger partial charge < -0.3 is 15.5 Å². The maximum atomic E-state index is 5.87. The summed E-state index contributed by atoms with van der Waals surface area (Å²) in [5.41, 5.74) is 9.48. The van der Waals surface area contributed by atoms with Gasteiger partial charge in [-0.1, -0.05) is 6.07 Å². The van der Waals surface area contributed by atoms with Crippen LogP contribution >= 0.6 is 0 Å². The van der Waals surface area contributed by atoms with E-state index in [9.17, 15) is 0 Å². The summed E-state index contributed by atoms with van der Waals surface area (Å²) in [7, 11) is 0. The van der Waals surface area contributed by atoms with Crippen LogP contribution in [0.25, 0.3) is 11.0 Å². The Morgan fingerprint density at radius 1 is 1.50 bits per heavy atom. The standard InChI is InChI=1S/C14H19N3O/c1-10(15)4-5-14(7-18-8-14)11-2-3-12-13(6-11)17-9-16-12/h2-3,6,9-10H,4-5,7-8,15H2,1H3,(H,16,17). The van der Waals surface area contributed by atoms with Crippen LogP contribution in [0.15, 0.2) is 24.5 Å². The Morgan fingerprint density at radius 3 is 3.00 bits per heavy atom. The first-order valence-corrected chi connectivity index (χ1v) is 6.47. The molecule has 0 saturated carbocycles. The smallest absolute Gasteiger partial charge is 0.0931 e. The molecule has 0 aliphatic carbocycles. The molecule has 1 atom stereocenters. The van der Waals surface area contributed by atoms with E-state index >= 15 is 0 Å². The molecule has 4 nitrogen and oxygen atoms in total. The first-order chi connectivity index (χ1) is 8.70. The van der Waals surface area contributed by atoms with Gasteiger partial charge in [0.25, 0.3) is 0 Å². The Balaban J connectivity index is 1.90. The number of rotatable bonds is 4. The molecule has 96 valence electrons. The van der Waals surface area contributed by atoms with E-state index < -0.39 is 0 Å². The van der Waals surface area contributed by atoms with E-state index in [1.807, 2.05) is 0 Å². The minimum absolute atomic E-state index is 0.160. The fourth-order valence-corrected chi connectivity index (χ4v) is 2.57. The molecule has 2 heterocycles. The van der Waals surface area contributed by atoms with E-state index in [2.05, 4.69) is 35.1 Å². The molecule has 0 spiro atoms. The Kier molecular flexibility index (Phi) is 2.84. The number of hydrogen-bond acceptors (Lipinski definition) is 3. The van der Waals surface area contributed by atoms with E-state index in [0.29, 0.717) is 0 Å².